The summed E-state index contributed by atoms with van der Waals surface area (Å²) in [5.41, 5.74) is 0.464. The summed E-state index contributed by atoms with van der Waals surface area (Å²) < 4.78 is 10.9. The third kappa shape index (κ3) is 4.46. The van der Waals surface area contributed by atoms with Crippen molar-refractivity contribution in [2.24, 2.45) is 0 Å². The van der Waals surface area contributed by atoms with Crippen molar-refractivity contribution in [3.63, 3.8) is 0 Å². The van der Waals surface area contributed by atoms with Gasteiger partial charge in [-0.05, 0) is 51.3 Å². The van der Waals surface area contributed by atoms with Crippen LogP contribution >= 0.6 is 0 Å². The molecule has 116 valence electrons. The molecule has 0 amide bonds. The van der Waals surface area contributed by atoms with Crippen LogP contribution in [0.15, 0.2) is 24.3 Å². The molecule has 1 aliphatic carbocycles. The molecule has 1 aromatic carbocycles. The zero-order valence-electron chi connectivity index (χ0n) is 13.3. The number of ether oxygens (including phenoxy) is 2. The minimum atomic E-state index is -0.695. The third-order valence-corrected chi connectivity index (χ3v) is 3.76. The highest BCUT2D eigenvalue weighted by atomic mass is 16.5. The lowest BCUT2D eigenvalue weighted by molar-refractivity contribution is -0.149. The van der Waals surface area contributed by atoms with Crippen molar-refractivity contribution in [2.75, 3.05) is 7.11 Å². The highest BCUT2D eigenvalue weighted by Gasteiger charge is 2.40. The Morgan fingerprint density at radius 2 is 2.19 bits per heavy atom. The Kier molecular flexibility index (Phi) is 4.88. The summed E-state index contributed by atoms with van der Waals surface area (Å²) in [6.45, 7) is 5.91. The number of esters is 1. The summed E-state index contributed by atoms with van der Waals surface area (Å²) in [5.74, 6) is 0.607. The van der Waals surface area contributed by atoms with Crippen molar-refractivity contribution in [3.05, 3.63) is 29.8 Å². The van der Waals surface area contributed by atoms with Crippen LogP contribution in [0.2, 0.25) is 0 Å². The van der Waals surface area contributed by atoms with E-state index in [1.807, 2.05) is 45.0 Å². The van der Waals surface area contributed by atoms with Gasteiger partial charge < -0.3 is 9.47 Å². The van der Waals surface area contributed by atoms with Crippen LogP contribution in [0.3, 0.4) is 0 Å². The van der Waals surface area contributed by atoms with Crippen LogP contribution in [0.1, 0.15) is 38.7 Å². The van der Waals surface area contributed by atoms with E-state index >= 15 is 0 Å². The van der Waals surface area contributed by atoms with Crippen molar-refractivity contribution in [3.8, 4) is 5.75 Å². The van der Waals surface area contributed by atoms with Crippen molar-refractivity contribution >= 4 is 5.97 Å². The zero-order chi connectivity index (χ0) is 15.5. The van der Waals surface area contributed by atoms with Gasteiger partial charge in [0.2, 0.25) is 0 Å². The summed E-state index contributed by atoms with van der Waals surface area (Å²) in [6, 6.07) is 8.37. The molecule has 1 aliphatic rings. The molecule has 4 heteroatoms. The lowest BCUT2D eigenvalue weighted by Crippen LogP contribution is -2.53. The molecule has 2 atom stereocenters. The number of benzene rings is 1. The fourth-order valence-corrected chi connectivity index (χ4v) is 2.64. The second-order valence-corrected chi connectivity index (χ2v) is 6.19. The summed E-state index contributed by atoms with van der Waals surface area (Å²) in [7, 11) is 1.43. The molecule has 0 bridgehead atoms. The fraction of sp³-hybridized carbons (Fsp3) is 0.588. The van der Waals surface area contributed by atoms with E-state index in [1.165, 1.54) is 7.11 Å². The number of rotatable bonds is 7. The Bertz CT molecular complexity index is 499. The highest BCUT2D eigenvalue weighted by Crippen LogP contribution is 2.27. The quantitative estimate of drug-likeness (QED) is 0.785. The van der Waals surface area contributed by atoms with Gasteiger partial charge in [-0.15, -0.1) is 0 Å². The minimum Gasteiger partial charge on any atom is -0.491 e. The van der Waals surface area contributed by atoms with Gasteiger partial charge in [0.1, 0.15) is 11.3 Å². The van der Waals surface area contributed by atoms with Gasteiger partial charge in [-0.1, -0.05) is 12.1 Å². The van der Waals surface area contributed by atoms with Gasteiger partial charge in [0.15, 0.2) is 0 Å². The van der Waals surface area contributed by atoms with Crippen LogP contribution in [0.25, 0.3) is 0 Å². The summed E-state index contributed by atoms with van der Waals surface area (Å²) in [5, 5.41) is 3.39. The maximum atomic E-state index is 12.1. The fourth-order valence-electron chi connectivity index (χ4n) is 2.64. The first-order chi connectivity index (χ1) is 9.93. The summed E-state index contributed by atoms with van der Waals surface area (Å²) >= 11 is 0. The molecular weight excluding hydrogens is 266 g/mol. The normalized spacial score (nSPS) is 18.7. The Hall–Kier alpha value is -1.55. The molecule has 0 radical (unpaired) electrons. The zero-order valence-corrected chi connectivity index (χ0v) is 13.3. The lowest BCUT2D eigenvalue weighted by Gasteiger charge is -2.31. The lowest BCUT2D eigenvalue weighted by atomic mass is 9.94. The maximum Gasteiger partial charge on any atom is 0.325 e. The van der Waals surface area contributed by atoms with Crippen LogP contribution in [0.5, 0.6) is 5.75 Å². The number of aryl methyl sites for hydroxylation is 1. The predicted molar refractivity (Wildman–Crippen MR) is 82.5 cm³/mol. The largest absolute Gasteiger partial charge is 0.491 e. The molecule has 1 fully saturated rings. The Morgan fingerprint density at radius 3 is 2.76 bits per heavy atom. The van der Waals surface area contributed by atoms with E-state index in [-0.39, 0.29) is 12.1 Å². The van der Waals surface area contributed by atoms with Gasteiger partial charge in [0.25, 0.3) is 0 Å². The molecule has 1 aromatic rings. The molecule has 0 heterocycles. The first-order valence-corrected chi connectivity index (χ1v) is 7.52. The van der Waals surface area contributed by atoms with Crippen LogP contribution in [-0.2, 0) is 9.53 Å². The van der Waals surface area contributed by atoms with E-state index in [2.05, 4.69) is 5.32 Å². The van der Waals surface area contributed by atoms with Crippen LogP contribution < -0.4 is 10.1 Å². The van der Waals surface area contributed by atoms with Crippen molar-refractivity contribution < 1.29 is 14.3 Å². The average Bonchev–Trinajstić information content (AvgIpc) is 3.21. The molecule has 0 spiro atoms. The Labute approximate surface area is 126 Å². The third-order valence-electron chi connectivity index (χ3n) is 3.76. The first kappa shape index (κ1) is 15.8. The van der Waals surface area contributed by atoms with Crippen LogP contribution in [-0.4, -0.2) is 30.8 Å². The number of nitrogens with one attached hydrogen (secondary N) is 1. The molecule has 1 saturated carbocycles. The van der Waals surface area contributed by atoms with E-state index in [0.29, 0.717) is 12.5 Å². The molecule has 0 aromatic heterocycles. The van der Waals surface area contributed by atoms with Gasteiger partial charge in [0.05, 0.1) is 13.2 Å². The molecule has 0 aliphatic heterocycles. The molecule has 2 rings (SSSR count). The SMILES string of the molecule is COC(=O)C(C)(CC(C)Oc1cccc(C)c1)NC1CC1. The number of carbonyl (C=O) groups is 1. The Balaban J connectivity index is 2.00. The van der Waals surface area contributed by atoms with Gasteiger partial charge in [-0.25, -0.2) is 0 Å². The van der Waals surface area contributed by atoms with Crippen molar-refractivity contribution in [2.45, 2.75) is 57.7 Å². The Morgan fingerprint density at radius 1 is 1.48 bits per heavy atom. The van der Waals surface area contributed by atoms with Gasteiger partial charge in [-0.2, -0.15) is 0 Å². The molecule has 1 N–H and O–H groups in total. The number of hydrogen-bond acceptors (Lipinski definition) is 4. The monoisotopic (exact) mass is 291 g/mol. The van der Waals surface area contributed by atoms with Gasteiger partial charge in [-0.3, -0.25) is 10.1 Å². The predicted octanol–water partition coefficient (Wildman–Crippen LogP) is 2.84. The van der Waals surface area contributed by atoms with Gasteiger partial charge >= 0.3 is 5.97 Å². The van der Waals surface area contributed by atoms with Crippen molar-refractivity contribution in [1.29, 1.82) is 0 Å². The second-order valence-electron chi connectivity index (χ2n) is 6.19. The van der Waals surface area contributed by atoms with E-state index in [9.17, 15) is 4.79 Å². The maximum absolute atomic E-state index is 12.1. The number of methoxy groups -OCH3 is 1. The summed E-state index contributed by atoms with van der Waals surface area (Å²) in [6.07, 6.45) is 2.74. The van der Waals surface area contributed by atoms with Gasteiger partial charge in [0, 0.05) is 12.5 Å². The second kappa shape index (κ2) is 6.48. The number of hydrogen-bond donors (Lipinski definition) is 1. The topological polar surface area (TPSA) is 47.6 Å². The minimum absolute atomic E-state index is 0.0813. The summed E-state index contributed by atoms with van der Waals surface area (Å²) in [4.78, 5) is 12.1. The first-order valence-electron chi connectivity index (χ1n) is 7.52. The van der Waals surface area contributed by atoms with E-state index in [0.717, 1.165) is 24.2 Å². The van der Waals surface area contributed by atoms with Crippen LogP contribution in [0, 0.1) is 6.92 Å². The standard InChI is InChI=1S/C17H25NO3/c1-12-6-5-7-15(10-12)21-13(2)11-17(3,16(19)20-4)18-14-8-9-14/h5-7,10,13-14,18H,8-9,11H2,1-4H3. The van der Waals surface area contributed by atoms with E-state index < -0.39 is 5.54 Å². The van der Waals surface area contributed by atoms with Crippen LogP contribution in [0.4, 0.5) is 0 Å². The molecular formula is C17H25NO3. The highest BCUT2D eigenvalue weighted by molar-refractivity contribution is 5.80. The number of carbonyl (C=O) groups excluding carboxylic acids is 1. The smallest absolute Gasteiger partial charge is 0.325 e. The molecule has 0 saturated heterocycles. The molecule has 21 heavy (non-hydrogen) atoms. The molecule has 2 unspecified atom stereocenters. The molecule has 4 nitrogen and oxygen atoms in total. The van der Waals surface area contributed by atoms with E-state index in [4.69, 9.17) is 9.47 Å². The average molecular weight is 291 g/mol. The van der Waals surface area contributed by atoms with Crippen molar-refractivity contribution in [1.82, 2.24) is 5.32 Å². The van der Waals surface area contributed by atoms with E-state index in [1.54, 1.807) is 0 Å².